The fourth-order valence-electron chi connectivity index (χ4n) is 4.20. The summed E-state index contributed by atoms with van der Waals surface area (Å²) in [5.74, 6) is 0.857. The van der Waals surface area contributed by atoms with Gasteiger partial charge in [-0.3, -0.25) is 0 Å². The maximum Gasteiger partial charge on any atom is 0.181 e. The SMILES string of the molecule is CCCC[C@]1(CC)CN(c2ccc(OC)cc2)c2cc(SC)c(O)cc2S(=O)(=O)C1. The number of rotatable bonds is 7. The highest BCUT2D eigenvalue weighted by Gasteiger charge is 2.41. The molecule has 0 saturated heterocycles. The molecule has 1 aliphatic heterocycles. The minimum absolute atomic E-state index is 0.0112. The molecule has 1 atom stereocenters. The van der Waals surface area contributed by atoms with Gasteiger partial charge < -0.3 is 14.7 Å². The summed E-state index contributed by atoms with van der Waals surface area (Å²) >= 11 is 1.41. The number of nitrogens with zero attached hydrogens (tertiary/aromatic N) is 1. The van der Waals surface area contributed by atoms with E-state index in [1.165, 1.54) is 17.8 Å². The Morgan fingerprint density at radius 3 is 2.47 bits per heavy atom. The molecule has 0 spiro atoms. The summed E-state index contributed by atoms with van der Waals surface area (Å²) in [6.45, 7) is 4.83. The van der Waals surface area contributed by atoms with Crippen molar-refractivity contribution in [3.8, 4) is 11.5 Å². The number of hydrogen-bond donors (Lipinski definition) is 1. The Balaban J connectivity index is 2.24. The smallest absolute Gasteiger partial charge is 0.181 e. The Hall–Kier alpha value is -1.86. The number of phenolic OH excluding ortho intramolecular Hbond substituents is 1. The molecule has 0 bridgehead atoms. The highest BCUT2D eigenvalue weighted by Crippen LogP contribution is 2.47. The molecule has 0 amide bonds. The summed E-state index contributed by atoms with van der Waals surface area (Å²) in [4.78, 5) is 2.98. The molecular weight excluding hydrogens is 418 g/mol. The van der Waals surface area contributed by atoms with Crippen LogP contribution >= 0.6 is 11.8 Å². The lowest BCUT2D eigenvalue weighted by molar-refractivity contribution is 0.290. The Bertz CT molecular complexity index is 989. The Labute approximate surface area is 184 Å². The molecule has 2 aromatic carbocycles. The lowest BCUT2D eigenvalue weighted by Gasteiger charge is -2.36. The maximum absolute atomic E-state index is 13.5. The maximum atomic E-state index is 13.5. The van der Waals surface area contributed by atoms with Crippen molar-refractivity contribution in [1.29, 1.82) is 0 Å². The fourth-order valence-corrected chi connectivity index (χ4v) is 6.87. The van der Waals surface area contributed by atoms with E-state index in [2.05, 4.69) is 18.7 Å². The third-order valence-corrected chi connectivity index (χ3v) is 8.83. The van der Waals surface area contributed by atoms with Crippen LogP contribution < -0.4 is 9.64 Å². The number of ether oxygens (including phenoxy) is 1. The molecule has 0 aromatic heterocycles. The lowest BCUT2D eigenvalue weighted by Crippen LogP contribution is -2.37. The largest absolute Gasteiger partial charge is 0.507 e. The van der Waals surface area contributed by atoms with E-state index in [9.17, 15) is 13.5 Å². The van der Waals surface area contributed by atoms with Crippen molar-refractivity contribution < 1.29 is 18.3 Å². The molecule has 30 heavy (non-hydrogen) atoms. The van der Waals surface area contributed by atoms with Crippen LogP contribution in [0.3, 0.4) is 0 Å². The van der Waals surface area contributed by atoms with Crippen LogP contribution in [0.25, 0.3) is 0 Å². The second-order valence-corrected chi connectivity index (χ2v) is 10.8. The van der Waals surface area contributed by atoms with Crippen LogP contribution in [-0.2, 0) is 9.84 Å². The van der Waals surface area contributed by atoms with Gasteiger partial charge in [0.1, 0.15) is 11.5 Å². The normalized spacial score (nSPS) is 20.5. The molecule has 1 aliphatic rings. The van der Waals surface area contributed by atoms with Crippen molar-refractivity contribution in [3.63, 3.8) is 0 Å². The standard InChI is InChI=1S/C23H31NO4S2/c1-5-7-12-23(6-2)15-24(17-8-10-18(28-3)11-9-17)19-13-21(29-4)20(25)14-22(19)30(26,27)16-23/h8-11,13-14,25H,5-7,12,15-16H2,1-4H3/t23-/m1/s1. The molecule has 3 rings (SSSR count). The number of sulfone groups is 1. The highest BCUT2D eigenvalue weighted by molar-refractivity contribution is 7.98. The molecule has 7 heteroatoms. The van der Waals surface area contributed by atoms with Crippen LogP contribution in [0.2, 0.25) is 0 Å². The molecular formula is C23H31NO4S2. The molecule has 0 unspecified atom stereocenters. The monoisotopic (exact) mass is 449 g/mol. The van der Waals surface area contributed by atoms with E-state index in [1.54, 1.807) is 7.11 Å². The number of anilines is 2. The number of unbranched alkanes of at least 4 members (excludes halogenated alkanes) is 1. The van der Waals surface area contributed by atoms with Gasteiger partial charge in [0.2, 0.25) is 0 Å². The molecule has 5 nitrogen and oxygen atoms in total. The summed E-state index contributed by atoms with van der Waals surface area (Å²) in [5.41, 5.74) is 1.19. The van der Waals surface area contributed by atoms with Crippen LogP contribution in [-0.4, -0.2) is 39.2 Å². The van der Waals surface area contributed by atoms with Crippen LogP contribution in [0.15, 0.2) is 46.2 Å². The van der Waals surface area contributed by atoms with Gasteiger partial charge in [-0.15, -0.1) is 11.8 Å². The van der Waals surface area contributed by atoms with Crippen LogP contribution in [0.1, 0.15) is 39.5 Å². The summed E-state index contributed by atoms with van der Waals surface area (Å²) in [6, 6.07) is 11.0. The quantitative estimate of drug-likeness (QED) is 0.552. The second kappa shape index (κ2) is 9.10. The predicted octanol–water partition coefficient (Wildman–Crippen LogP) is 5.63. The van der Waals surface area contributed by atoms with Crippen LogP contribution in [0.5, 0.6) is 11.5 Å². The summed E-state index contributed by atoms with van der Waals surface area (Å²) < 4.78 is 32.3. The molecule has 0 aliphatic carbocycles. The average molecular weight is 450 g/mol. The zero-order chi connectivity index (χ0) is 21.9. The number of methoxy groups -OCH3 is 1. The van der Waals surface area contributed by atoms with E-state index in [0.717, 1.165) is 37.1 Å². The molecule has 0 radical (unpaired) electrons. The average Bonchev–Trinajstić information content (AvgIpc) is 2.84. The van der Waals surface area contributed by atoms with Crippen LogP contribution in [0.4, 0.5) is 11.4 Å². The first kappa shape index (κ1) is 22.8. The van der Waals surface area contributed by atoms with Crippen molar-refractivity contribution >= 4 is 33.0 Å². The van der Waals surface area contributed by atoms with Gasteiger partial charge in [-0.25, -0.2) is 8.42 Å². The van der Waals surface area contributed by atoms with E-state index in [-0.39, 0.29) is 21.8 Å². The Morgan fingerprint density at radius 1 is 1.20 bits per heavy atom. The number of hydrogen-bond acceptors (Lipinski definition) is 6. The van der Waals surface area contributed by atoms with E-state index in [4.69, 9.17) is 4.74 Å². The van der Waals surface area contributed by atoms with E-state index < -0.39 is 9.84 Å². The van der Waals surface area contributed by atoms with Gasteiger partial charge >= 0.3 is 0 Å². The minimum Gasteiger partial charge on any atom is -0.507 e. The molecule has 164 valence electrons. The topological polar surface area (TPSA) is 66.8 Å². The third-order valence-electron chi connectivity index (χ3n) is 6.07. The van der Waals surface area contributed by atoms with Gasteiger partial charge in [0.25, 0.3) is 0 Å². The van der Waals surface area contributed by atoms with Gasteiger partial charge in [0.15, 0.2) is 9.84 Å². The number of benzene rings is 2. The first-order valence-electron chi connectivity index (χ1n) is 10.3. The van der Waals surface area contributed by atoms with Crippen molar-refractivity contribution in [2.75, 3.05) is 30.6 Å². The highest BCUT2D eigenvalue weighted by atomic mass is 32.2. The first-order chi connectivity index (χ1) is 14.3. The predicted molar refractivity (Wildman–Crippen MR) is 124 cm³/mol. The van der Waals surface area contributed by atoms with Gasteiger partial charge in [-0.1, -0.05) is 26.7 Å². The van der Waals surface area contributed by atoms with Crippen LogP contribution in [0, 0.1) is 5.41 Å². The zero-order valence-electron chi connectivity index (χ0n) is 18.1. The Morgan fingerprint density at radius 2 is 1.90 bits per heavy atom. The first-order valence-corrected chi connectivity index (χ1v) is 13.2. The van der Waals surface area contributed by atoms with Gasteiger partial charge in [0, 0.05) is 23.7 Å². The second-order valence-electron chi connectivity index (χ2n) is 7.99. The van der Waals surface area contributed by atoms with Crippen molar-refractivity contribution in [2.45, 2.75) is 49.3 Å². The summed E-state index contributed by atoms with van der Waals surface area (Å²) in [7, 11) is -1.94. The van der Waals surface area contributed by atoms with E-state index in [1.807, 2.05) is 36.6 Å². The number of fused-ring (bicyclic) bond motifs is 1. The zero-order valence-corrected chi connectivity index (χ0v) is 19.8. The van der Waals surface area contributed by atoms with E-state index >= 15 is 0 Å². The van der Waals surface area contributed by atoms with Crippen molar-refractivity contribution in [1.82, 2.24) is 0 Å². The summed E-state index contributed by atoms with van der Waals surface area (Å²) in [6.07, 6.45) is 5.50. The lowest BCUT2D eigenvalue weighted by atomic mass is 9.81. The third kappa shape index (κ3) is 4.42. The fraction of sp³-hybridized carbons (Fsp3) is 0.478. The molecule has 1 N–H and O–H groups in total. The Kier molecular flexibility index (Phi) is 6.92. The molecule has 1 heterocycles. The molecule has 0 fully saturated rings. The van der Waals surface area contributed by atoms with Gasteiger partial charge in [0.05, 0.1) is 28.3 Å². The minimum atomic E-state index is -3.57. The van der Waals surface area contributed by atoms with E-state index in [0.29, 0.717) is 17.1 Å². The molecule has 0 saturated carbocycles. The summed E-state index contributed by atoms with van der Waals surface area (Å²) in [5, 5.41) is 10.4. The number of thioether (sulfide) groups is 1. The van der Waals surface area contributed by atoms with Gasteiger partial charge in [-0.2, -0.15) is 0 Å². The van der Waals surface area contributed by atoms with Crippen molar-refractivity contribution in [3.05, 3.63) is 36.4 Å². The van der Waals surface area contributed by atoms with Crippen molar-refractivity contribution in [2.24, 2.45) is 5.41 Å². The molecule has 2 aromatic rings. The van der Waals surface area contributed by atoms with Gasteiger partial charge in [-0.05, 0) is 49.4 Å². The number of aromatic hydroxyl groups is 1. The number of phenols is 1.